The minimum Gasteiger partial charge on any atom is -0.480 e. The number of amides is 1. The van der Waals surface area contributed by atoms with E-state index in [2.05, 4.69) is 5.10 Å². The highest BCUT2D eigenvalue weighted by Gasteiger charge is 2.21. The summed E-state index contributed by atoms with van der Waals surface area (Å²) in [4.78, 5) is 23.9. The van der Waals surface area contributed by atoms with E-state index >= 15 is 0 Å². The molecular formula is C12H19N3O3. The number of hydrogen-bond donors (Lipinski definition) is 1. The summed E-state index contributed by atoms with van der Waals surface area (Å²) >= 11 is 0. The predicted octanol–water partition coefficient (Wildman–Crippen LogP) is 1.40. The SMILES string of the molecule is CCC(CC)n1nccc1C(=O)N(C)CC(=O)O. The summed E-state index contributed by atoms with van der Waals surface area (Å²) in [5.74, 6) is -1.35. The fraction of sp³-hybridized carbons (Fsp3) is 0.583. The topological polar surface area (TPSA) is 75.4 Å². The van der Waals surface area contributed by atoms with Crippen LogP contribution >= 0.6 is 0 Å². The number of carbonyl (C=O) groups is 2. The second kappa shape index (κ2) is 6.18. The van der Waals surface area contributed by atoms with Crippen molar-refractivity contribution in [3.05, 3.63) is 18.0 Å². The summed E-state index contributed by atoms with van der Waals surface area (Å²) in [7, 11) is 1.47. The van der Waals surface area contributed by atoms with Gasteiger partial charge in [0.25, 0.3) is 5.91 Å². The first kappa shape index (κ1) is 14.2. The van der Waals surface area contributed by atoms with Gasteiger partial charge in [0.1, 0.15) is 12.2 Å². The maximum atomic E-state index is 12.1. The van der Waals surface area contributed by atoms with Gasteiger partial charge in [-0.2, -0.15) is 5.10 Å². The van der Waals surface area contributed by atoms with Gasteiger partial charge in [-0.25, -0.2) is 0 Å². The molecule has 0 fully saturated rings. The molecule has 0 spiro atoms. The maximum Gasteiger partial charge on any atom is 0.323 e. The molecule has 1 aromatic heterocycles. The molecule has 18 heavy (non-hydrogen) atoms. The molecule has 0 aliphatic rings. The van der Waals surface area contributed by atoms with Crippen molar-refractivity contribution in [3.63, 3.8) is 0 Å². The molecule has 0 saturated heterocycles. The second-order valence-electron chi connectivity index (χ2n) is 4.19. The third kappa shape index (κ3) is 3.09. The number of rotatable bonds is 6. The monoisotopic (exact) mass is 253 g/mol. The van der Waals surface area contributed by atoms with Crippen LogP contribution < -0.4 is 0 Å². The van der Waals surface area contributed by atoms with Gasteiger partial charge in [-0.05, 0) is 18.9 Å². The molecule has 1 N–H and O–H groups in total. The molecule has 6 nitrogen and oxygen atoms in total. The van der Waals surface area contributed by atoms with Gasteiger partial charge in [0, 0.05) is 13.2 Å². The number of nitrogens with zero attached hydrogens (tertiary/aromatic N) is 3. The summed E-state index contributed by atoms with van der Waals surface area (Å²) in [6, 6.07) is 1.79. The van der Waals surface area contributed by atoms with Crippen molar-refractivity contribution in [2.24, 2.45) is 0 Å². The number of carbonyl (C=O) groups excluding carboxylic acids is 1. The quantitative estimate of drug-likeness (QED) is 0.831. The van der Waals surface area contributed by atoms with Gasteiger partial charge in [-0.15, -0.1) is 0 Å². The molecule has 1 aromatic rings. The minimum atomic E-state index is -1.03. The highest BCUT2D eigenvalue weighted by molar-refractivity contribution is 5.94. The molecular weight excluding hydrogens is 234 g/mol. The number of aromatic nitrogens is 2. The van der Waals surface area contributed by atoms with E-state index in [1.807, 2.05) is 13.8 Å². The van der Waals surface area contributed by atoms with Crippen LogP contribution in [0, 0.1) is 0 Å². The van der Waals surface area contributed by atoms with Crippen LogP contribution in [-0.2, 0) is 4.79 Å². The van der Waals surface area contributed by atoms with Crippen molar-refractivity contribution < 1.29 is 14.7 Å². The molecule has 1 amide bonds. The highest BCUT2D eigenvalue weighted by atomic mass is 16.4. The van der Waals surface area contributed by atoms with E-state index in [-0.39, 0.29) is 18.5 Å². The lowest BCUT2D eigenvalue weighted by Gasteiger charge is -2.19. The molecule has 0 radical (unpaired) electrons. The number of aliphatic carboxylic acids is 1. The lowest BCUT2D eigenvalue weighted by molar-refractivity contribution is -0.137. The van der Waals surface area contributed by atoms with Gasteiger partial charge < -0.3 is 10.0 Å². The average Bonchev–Trinajstić information content (AvgIpc) is 2.78. The van der Waals surface area contributed by atoms with Crippen LogP contribution in [0.5, 0.6) is 0 Å². The molecule has 0 saturated carbocycles. The van der Waals surface area contributed by atoms with Crippen LogP contribution in [0.25, 0.3) is 0 Å². The van der Waals surface area contributed by atoms with Crippen LogP contribution in [-0.4, -0.2) is 45.3 Å². The molecule has 0 aliphatic heterocycles. The molecule has 1 heterocycles. The van der Waals surface area contributed by atoms with Gasteiger partial charge in [0.05, 0.1) is 6.04 Å². The van der Waals surface area contributed by atoms with Crippen molar-refractivity contribution in [1.29, 1.82) is 0 Å². The smallest absolute Gasteiger partial charge is 0.323 e. The second-order valence-corrected chi connectivity index (χ2v) is 4.19. The zero-order valence-corrected chi connectivity index (χ0v) is 11.0. The Bertz CT molecular complexity index is 424. The molecule has 1 rings (SSSR count). The van der Waals surface area contributed by atoms with Crippen LogP contribution in [0.15, 0.2) is 12.3 Å². The van der Waals surface area contributed by atoms with E-state index in [9.17, 15) is 9.59 Å². The summed E-state index contributed by atoms with van der Waals surface area (Å²) in [6.07, 6.45) is 3.32. The Morgan fingerprint density at radius 1 is 1.44 bits per heavy atom. The van der Waals surface area contributed by atoms with E-state index in [1.165, 1.54) is 11.9 Å². The number of carboxylic acid groups (broad SMARTS) is 1. The number of hydrogen-bond acceptors (Lipinski definition) is 3. The van der Waals surface area contributed by atoms with Crippen molar-refractivity contribution in [2.75, 3.05) is 13.6 Å². The Hall–Kier alpha value is -1.85. The van der Waals surface area contributed by atoms with Crippen LogP contribution in [0.4, 0.5) is 0 Å². The van der Waals surface area contributed by atoms with Crippen molar-refractivity contribution in [1.82, 2.24) is 14.7 Å². The van der Waals surface area contributed by atoms with E-state index < -0.39 is 5.97 Å². The van der Waals surface area contributed by atoms with E-state index in [4.69, 9.17) is 5.11 Å². The van der Waals surface area contributed by atoms with Crippen LogP contribution in [0.3, 0.4) is 0 Å². The Morgan fingerprint density at radius 3 is 2.56 bits per heavy atom. The molecule has 6 heteroatoms. The third-order valence-electron chi connectivity index (χ3n) is 2.90. The normalized spacial score (nSPS) is 10.7. The average molecular weight is 253 g/mol. The van der Waals surface area contributed by atoms with Gasteiger partial charge in [-0.1, -0.05) is 13.8 Å². The molecule has 0 bridgehead atoms. The lowest BCUT2D eigenvalue weighted by Crippen LogP contribution is -2.34. The predicted molar refractivity (Wildman–Crippen MR) is 66.4 cm³/mol. The first-order chi connectivity index (χ1) is 8.51. The number of carboxylic acids is 1. The first-order valence-electron chi connectivity index (χ1n) is 6.02. The van der Waals surface area contributed by atoms with Gasteiger partial charge in [0.15, 0.2) is 0 Å². The summed E-state index contributed by atoms with van der Waals surface area (Å²) in [5.41, 5.74) is 0.437. The molecule has 0 atom stereocenters. The molecule has 0 unspecified atom stereocenters. The Kier molecular flexibility index (Phi) is 4.88. The Balaban J connectivity index is 2.93. The number of likely N-dealkylation sites (N-methyl/N-ethyl adjacent to an activating group) is 1. The summed E-state index contributed by atoms with van der Waals surface area (Å²) < 4.78 is 1.68. The zero-order valence-electron chi connectivity index (χ0n) is 11.0. The summed E-state index contributed by atoms with van der Waals surface area (Å²) in [6.45, 7) is 3.75. The largest absolute Gasteiger partial charge is 0.480 e. The van der Waals surface area contributed by atoms with Crippen molar-refractivity contribution in [3.8, 4) is 0 Å². The molecule has 0 aromatic carbocycles. The lowest BCUT2D eigenvalue weighted by atomic mass is 10.1. The van der Waals surface area contributed by atoms with Crippen LogP contribution in [0.2, 0.25) is 0 Å². The first-order valence-corrected chi connectivity index (χ1v) is 6.02. The zero-order chi connectivity index (χ0) is 13.7. The van der Waals surface area contributed by atoms with E-state index in [0.717, 1.165) is 12.8 Å². The van der Waals surface area contributed by atoms with E-state index in [0.29, 0.717) is 5.69 Å². The Morgan fingerprint density at radius 2 is 2.06 bits per heavy atom. The van der Waals surface area contributed by atoms with E-state index in [1.54, 1.807) is 16.9 Å². The summed E-state index contributed by atoms with van der Waals surface area (Å²) in [5, 5.41) is 12.8. The van der Waals surface area contributed by atoms with Crippen LogP contribution in [0.1, 0.15) is 43.2 Å². The molecule has 100 valence electrons. The molecule has 0 aliphatic carbocycles. The van der Waals surface area contributed by atoms with Crippen molar-refractivity contribution in [2.45, 2.75) is 32.7 Å². The highest BCUT2D eigenvalue weighted by Crippen LogP contribution is 2.17. The fourth-order valence-electron chi connectivity index (χ4n) is 1.88. The standard InChI is InChI=1S/C12H19N3O3/c1-4-9(5-2)15-10(6-7-13-15)12(18)14(3)8-11(16)17/h6-7,9H,4-5,8H2,1-3H3,(H,16,17). The van der Waals surface area contributed by atoms with Gasteiger partial charge in [-0.3, -0.25) is 14.3 Å². The Labute approximate surface area is 106 Å². The van der Waals surface area contributed by atoms with Gasteiger partial charge >= 0.3 is 5.97 Å². The minimum absolute atomic E-state index is 0.164. The third-order valence-corrected chi connectivity index (χ3v) is 2.90. The fourth-order valence-corrected chi connectivity index (χ4v) is 1.88. The van der Waals surface area contributed by atoms with Gasteiger partial charge in [0.2, 0.25) is 0 Å². The maximum absolute atomic E-state index is 12.1. The van der Waals surface area contributed by atoms with Crippen molar-refractivity contribution >= 4 is 11.9 Å².